The molecule has 2 atom stereocenters. The Morgan fingerprint density at radius 3 is 2.19 bits per heavy atom. The maximum atomic E-state index is 9.74. The third-order valence-corrected chi connectivity index (χ3v) is 2.42. The van der Waals surface area contributed by atoms with E-state index in [4.69, 9.17) is 10.8 Å². The van der Waals surface area contributed by atoms with Crippen LogP contribution in [0, 0.1) is 5.92 Å². The van der Waals surface area contributed by atoms with E-state index in [2.05, 4.69) is 0 Å². The highest BCUT2D eigenvalue weighted by atomic mass is 35.5. The molecule has 0 saturated heterocycles. The SMILES string of the molecule is CC(C)[C@@H](O)[C@@H](N)c1ccc(O)cc1O.Cl. The highest BCUT2D eigenvalue weighted by Gasteiger charge is 2.22. The van der Waals surface area contributed by atoms with E-state index in [0.717, 1.165) is 0 Å². The number of hydrogen-bond acceptors (Lipinski definition) is 4. The fourth-order valence-electron chi connectivity index (χ4n) is 1.41. The molecule has 0 amide bonds. The molecule has 0 aliphatic rings. The number of rotatable bonds is 3. The molecule has 1 aromatic rings. The van der Waals surface area contributed by atoms with Crippen LogP contribution in [-0.2, 0) is 0 Å². The van der Waals surface area contributed by atoms with Crippen molar-refractivity contribution in [3.63, 3.8) is 0 Å². The van der Waals surface area contributed by atoms with Crippen LogP contribution in [0.25, 0.3) is 0 Å². The zero-order valence-electron chi connectivity index (χ0n) is 9.29. The van der Waals surface area contributed by atoms with E-state index < -0.39 is 12.1 Å². The molecule has 0 bridgehead atoms. The van der Waals surface area contributed by atoms with Gasteiger partial charge in [-0.3, -0.25) is 0 Å². The maximum Gasteiger partial charge on any atom is 0.124 e. The zero-order valence-corrected chi connectivity index (χ0v) is 10.1. The summed E-state index contributed by atoms with van der Waals surface area (Å²) in [4.78, 5) is 0. The van der Waals surface area contributed by atoms with Crippen LogP contribution in [-0.4, -0.2) is 21.4 Å². The lowest BCUT2D eigenvalue weighted by molar-refractivity contribution is 0.0969. The van der Waals surface area contributed by atoms with Gasteiger partial charge in [-0.25, -0.2) is 0 Å². The van der Waals surface area contributed by atoms with Gasteiger partial charge in [-0.2, -0.15) is 0 Å². The molecule has 92 valence electrons. The Kier molecular flexibility index (Phi) is 5.58. The van der Waals surface area contributed by atoms with E-state index in [0.29, 0.717) is 5.56 Å². The average molecular weight is 248 g/mol. The van der Waals surface area contributed by atoms with Crippen LogP contribution in [0.1, 0.15) is 25.5 Å². The first-order chi connectivity index (χ1) is 6.93. The van der Waals surface area contributed by atoms with Crippen LogP contribution in [0.15, 0.2) is 18.2 Å². The van der Waals surface area contributed by atoms with Gasteiger partial charge in [-0.1, -0.05) is 13.8 Å². The molecule has 0 heterocycles. The zero-order chi connectivity index (χ0) is 11.6. The summed E-state index contributed by atoms with van der Waals surface area (Å²) in [6.45, 7) is 3.70. The summed E-state index contributed by atoms with van der Waals surface area (Å²) >= 11 is 0. The summed E-state index contributed by atoms with van der Waals surface area (Å²) in [5.74, 6) is -0.113. The van der Waals surface area contributed by atoms with Gasteiger partial charge in [0.05, 0.1) is 12.1 Å². The predicted octanol–water partition coefficient (Wildman–Crippen LogP) is 1.54. The lowest BCUT2D eigenvalue weighted by Gasteiger charge is -2.23. The Morgan fingerprint density at radius 1 is 1.19 bits per heavy atom. The van der Waals surface area contributed by atoms with Crippen LogP contribution < -0.4 is 5.73 Å². The Bertz CT molecular complexity index is 344. The molecule has 5 N–H and O–H groups in total. The number of phenolic OH excluding ortho intramolecular Hbond substituents is 2. The number of aromatic hydroxyl groups is 2. The molecule has 0 aromatic heterocycles. The molecule has 0 spiro atoms. The minimum absolute atomic E-state index is 0. The largest absolute Gasteiger partial charge is 0.508 e. The van der Waals surface area contributed by atoms with E-state index in [9.17, 15) is 10.2 Å². The second-order valence-corrected chi connectivity index (χ2v) is 4.00. The van der Waals surface area contributed by atoms with E-state index in [1.165, 1.54) is 18.2 Å². The smallest absolute Gasteiger partial charge is 0.124 e. The minimum Gasteiger partial charge on any atom is -0.508 e. The standard InChI is InChI=1S/C11H17NO3.ClH/c1-6(2)11(15)10(12)8-4-3-7(13)5-9(8)14;/h3-6,10-11,13-15H,12H2,1-2H3;1H/t10-,11+;/m0./s1. The number of aliphatic hydroxyl groups is 1. The second-order valence-electron chi connectivity index (χ2n) is 4.00. The van der Waals surface area contributed by atoms with Crippen molar-refractivity contribution in [3.05, 3.63) is 23.8 Å². The van der Waals surface area contributed by atoms with Crippen LogP contribution in [0.5, 0.6) is 11.5 Å². The fraction of sp³-hybridized carbons (Fsp3) is 0.455. The molecular weight excluding hydrogens is 230 g/mol. The summed E-state index contributed by atoms with van der Waals surface area (Å²) in [7, 11) is 0. The van der Waals surface area contributed by atoms with Crippen LogP contribution in [0.4, 0.5) is 0 Å². The van der Waals surface area contributed by atoms with Crippen LogP contribution in [0.3, 0.4) is 0 Å². The molecule has 0 unspecified atom stereocenters. The minimum atomic E-state index is -0.722. The average Bonchev–Trinajstić information content (AvgIpc) is 2.15. The van der Waals surface area contributed by atoms with Crippen molar-refractivity contribution in [1.29, 1.82) is 0 Å². The van der Waals surface area contributed by atoms with Gasteiger partial charge in [0.15, 0.2) is 0 Å². The Balaban J connectivity index is 0.00000225. The first-order valence-electron chi connectivity index (χ1n) is 4.89. The summed E-state index contributed by atoms with van der Waals surface area (Å²) in [6.07, 6.45) is -0.722. The number of aliphatic hydroxyl groups excluding tert-OH is 1. The molecule has 0 aliphatic carbocycles. The molecule has 16 heavy (non-hydrogen) atoms. The maximum absolute atomic E-state index is 9.74. The highest BCUT2D eigenvalue weighted by Crippen LogP contribution is 2.29. The summed E-state index contributed by atoms with van der Waals surface area (Å²) in [5.41, 5.74) is 6.24. The van der Waals surface area contributed by atoms with Gasteiger partial charge in [0.2, 0.25) is 0 Å². The summed E-state index contributed by atoms with van der Waals surface area (Å²) < 4.78 is 0. The van der Waals surface area contributed by atoms with Crippen molar-refractivity contribution < 1.29 is 15.3 Å². The molecule has 0 radical (unpaired) electrons. The number of halogens is 1. The first-order valence-corrected chi connectivity index (χ1v) is 4.89. The van der Waals surface area contributed by atoms with Gasteiger partial charge >= 0.3 is 0 Å². The third-order valence-electron chi connectivity index (χ3n) is 2.42. The molecule has 5 heteroatoms. The number of benzene rings is 1. The van der Waals surface area contributed by atoms with Gasteiger partial charge in [0, 0.05) is 11.6 Å². The quantitative estimate of drug-likeness (QED) is 0.653. The van der Waals surface area contributed by atoms with Crippen LogP contribution in [0.2, 0.25) is 0 Å². The lowest BCUT2D eigenvalue weighted by atomic mass is 9.94. The van der Waals surface area contributed by atoms with Crippen molar-refractivity contribution in [2.45, 2.75) is 26.0 Å². The number of hydrogen-bond donors (Lipinski definition) is 4. The predicted molar refractivity (Wildman–Crippen MR) is 64.8 cm³/mol. The molecule has 1 rings (SSSR count). The van der Waals surface area contributed by atoms with Gasteiger partial charge in [0.1, 0.15) is 11.5 Å². The van der Waals surface area contributed by atoms with E-state index in [1.54, 1.807) is 0 Å². The van der Waals surface area contributed by atoms with Crippen molar-refractivity contribution in [1.82, 2.24) is 0 Å². The lowest BCUT2D eigenvalue weighted by Crippen LogP contribution is -2.30. The Hall–Kier alpha value is -0.970. The molecular formula is C11H18ClNO3. The second kappa shape index (κ2) is 5.94. The third kappa shape index (κ3) is 3.27. The molecule has 0 aliphatic heterocycles. The van der Waals surface area contributed by atoms with Crippen molar-refractivity contribution in [3.8, 4) is 11.5 Å². The highest BCUT2D eigenvalue weighted by molar-refractivity contribution is 5.85. The van der Waals surface area contributed by atoms with Crippen molar-refractivity contribution in [2.24, 2.45) is 11.7 Å². The normalized spacial score (nSPS) is 14.3. The van der Waals surface area contributed by atoms with Crippen molar-refractivity contribution >= 4 is 12.4 Å². The molecule has 0 saturated carbocycles. The first kappa shape index (κ1) is 15.0. The molecule has 0 fully saturated rings. The van der Waals surface area contributed by atoms with E-state index in [1.807, 2.05) is 13.8 Å². The molecule has 4 nitrogen and oxygen atoms in total. The van der Waals surface area contributed by atoms with E-state index >= 15 is 0 Å². The van der Waals surface area contributed by atoms with E-state index in [-0.39, 0.29) is 29.8 Å². The Labute approximate surface area is 101 Å². The topological polar surface area (TPSA) is 86.7 Å². The Morgan fingerprint density at radius 2 is 1.75 bits per heavy atom. The molecule has 1 aromatic carbocycles. The van der Waals surface area contributed by atoms with Gasteiger partial charge in [-0.15, -0.1) is 12.4 Å². The van der Waals surface area contributed by atoms with Gasteiger partial charge < -0.3 is 21.1 Å². The number of nitrogens with two attached hydrogens (primary N) is 1. The fourth-order valence-corrected chi connectivity index (χ4v) is 1.41. The van der Waals surface area contributed by atoms with Crippen molar-refractivity contribution in [2.75, 3.05) is 0 Å². The summed E-state index contributed by atoms with van der Waals surface area (Å²) in [6, 6.07) is 3.51. The summed E-state index contributed by atoms with van der Waals surface area (Å²) in [5, 5.41) is 28.4. The van der Waals surface area contributed by atoms with Crippen LogP contribution >= 0.6 is 12.4 Å². The van der Waals surface area contributed by atoms with Gasteiger partial charge in [0.25, 0.3) is 0 Å². The van der Waals surface area contributed by atoms with Gasteiger partial charge in [-0.05, 0) is 18.1 Å². The number of phenols is 2. The monoisotopic (exact) mass is 247 g/mol.